The molecule has 0 aromatic heterocycles. The van der Waals surface area contributed by atoms with Crippen LogP contribution in [0.5, 0.6) is 0 Å². The minimum atomic E-state index is 0.736. The van der Waals surface area contributed by atoms with Crippen LogP contribution >= 0.6 is 12.2 Å². The number of methoxy groups -OCH3 is 1. The molecular weight excluding hydrogens is 402 g/mol. The molecule has 0 amide bonds. The topological polar surface area (TPSA) is 27.7 Å². The van der Waals surface area contributed by atoms with E-state index in [9.17, 15) is 0 Å². The maximum Gasteiger partial charge on any atom is 0.173 e. The molecule has 0 atom stereocenters. The van der Waals surface area contributed by atoms with Crippen molar-refractivity contribution in [3.8, 4) is 0 Å². The van der Waals surface area contributed by atoms with Gasteiger partial charge in [-0.15, -0.1) is 0 Å². The summed E-state index contributed by atoms with van der Waals surface area (Å²) in [5.41, 5.74) is 6.50. The first-order valence-electron chi connectivity index (χ1n) is 11.6. The molecule has 2 aromatic carbocycles. The second-order valence-corrected chi connectivity index (χ2v) is 8.86. The van der Waals surface area contributed by atoms with E-state index in [2.05, 4.69) is 71.4 Å². The molecule has 0 unspecified atom stereocenters. The molecule has 0 fully saturated rings. The predicted molar refractivity (Wildman–Crippen MR) is 136 cm³/mol. The monoisotopic (exact) mass is 439 g/mol. The molecule has 1 aliphatic rings. The highest BCUT2D eigenvalue weighted by atomic mass is 32.1. The number of rotatable bonds is 10. The molecule has 0 bridgehead atoms. The third-order valence-electron chi connectivity index (χ3n) is 5.88. The second kappa shape index (κ2) is 12.1. The zero-order chi connectivity index (χ0) is 22.1. The zero-order valence-corrected chi connectivity index (χ0v) is 20.1. The highest BCUT2D eigenvalue weighted by molar-refractivity contribution is 7.80. The molecule has 0 radical (unpaired) electrons. The Bertz CT molecular complexity index is 837. The van der Waals surface area contributed by atoms with Gasteiger partial charge in [0.05, 0.1) is 0 Å². The molecule has 0 aliphatic carbocycles. The van der Waals surface area contributed by atoms with Gasteiger partial charge in [-0.2, -0.15) is 0 Å². The average Bonchev–Trinajstić information content (AvgIpc) is 2.78. The highest BCUT2D eigenvalue weighted by Crippen LogP contribution is 2.29. The summed E-state index contributed by atoms with van der Waals surface area (Å²) in [5, 5.41) is 4.18. The van der Waals surface area contributed by atoms with E-state index in [-0.39, 0.29) is 0 Å². The molecular formula is C26H37N3OS. The van der Waals surface area contributed by atoms with E-state index in [0.717, 1.165) is 43.5 Å². The van der Waals surface area contributed by atoms with Crippen LogP contribution in [0.4, 0.5) is 11.4 Å². The van der Waals surface area contributed by atoms with Crippen molar-refractivity contribution in [2.45, 2.75) is 52.5 Å². The lowest BCUT2D eigenvalue weighted by Gasteiger charge is -2.32. The second-order valence-electron chi connectivity index (χ2n) is 8.47. The Morgan fingerprint density at radius 3 is 2.71 bits per heavy atom. The van der Waals surface area contributed by atoms with Crippen molar-refractivity contribution < 1.29 is 4.74 Å². The highest BCUT2D eigenvalue weighted by Gasteiger charge is 2.18. The van der Waals surface area contributed by atoms with Crippen LogP contribution in [-0.4, -0.2) is 43.4 Å². The van der Waals surface area contributed by atoms with Crippen LogP contribution in [0.15, 0.2) is 42.5 Å². The quantitative estimate of drug-likeness (QED) is 0.374. The smallest absolute Gasteiger partial charge is 0.173 e. The fraction of sp³-hybridized carbons (Fsp3) is 0.500. The molecule has 5 heteroatoms. The van der Waals surface area contributed by atoms with Gasteiger partial charge < -0.3 is 19.9 Å². The minimum Gasteiger partial charge on any atom is -0.385 e. The van der Waals surface area contributed by atoms with E-state index >= 15 is 0 Å². The summed E-state index contributed by atoms with van der Waals surface area (Å²) in [4.78, 5) is 4.82. The Kier molecular flexibility index (Phi) is 9.16. The summed E-state index contributed by atoms with van der Waals surface area (Å²) in [7, 11) is 1.75. The van der Waals surface area contributed by atoms with Gasteiger partial charge in [-0.25, -0.2) is 0 Å². The van der Waals surface area contributed by atoms with Crippen LogP contribution in [0, 0.1) is 6.92 Å². The molecule has 31 heavy (non-hydrogen) atoms. The molecule has 2 aromatic rings. The van der Waals surface area contributed by atoms with Gasteiger partial charge in [0, 0.05) is 51.3 Å². The largest absolute Gasteiger partial charge is 0.385 e. The standard InChI is InChI=1S/C26H37N3OS/c1-4-5-15-28-16-6-8-23-19-22(11-14-25(23)28)20-29(17-7-18-30-3)26(31)27-24-12-9-21(2)10-13-24/h9-14,19H,4-8,15-18,20H2,1-3H3,(H,27,31). The van der Waals surface area contributed by atoms with E-state index in [0.29, 0.717) is 0 Å². The number of ether oxygens (including phenoxy) is 1. The number of anilines is 2. The molecule has 0 saturated heterocycles. The lowest BCUT2D eigenvalue weighted by molar-refractivity contribution is 0.185. The van der Waals surface area contributed by atoms with Crippen LogP contribution in [0.25, 0.3) is 0 Å². The molecule has 0 spiro atoms. The molecule has 4 nitrogen and oxygen atoms in total. The van der Waals surface area contributed by atoms with Crippen LogP contribution in [0.1, 0.15) is 49.3 Å². The van der Waals surface area contributed by atoms with Gasteiger partial charge in [0.15, 0.2) is 5.11 Å². The van der Waals surface area contributed by atoms with Gasteiger partial charge in [-0.3, -0.25) is 0 Å². The Morgan fingerprint density at radius 2 is 1.97 bits per heavy atom. The Hall–Kier alpha value is -2.11. The third-order valence-corrected chi connectivity index (χ3v) is 6.24. The van der Waals surface area contributed by atoms with Crippen molar-refractivity contribution >= 4 is 28.7 Å². The normalized spacial score (nSPS) is 13.1. The summed E-state index contributed by atoms with van der Waals surface area (Å²) in [6, 6.07) is 15.4. The van der Waals surface area contributed by atoms with Crippen molar-refractivity contribution in [1.82, 2.24) is 4.90 Å². The maximum absolute atomic E-state index is 5.79. The van der Waals surface area contributed by atoms with Crippen molar-refractivity contribution in [2.75, 3.05) is 43.6 Å². The number of hydrogen-bond donors (Lipinski definition) is 1. The van der Waals surface area contributed by atoms with Crippen molar-refractivity contribution in [3.63, 3.8) is 0 Å². The summed E-state index contributed by atoms with van der Waals surface area (Å²) in [5.74, 6) is 0. The van der Waals surface area contributed by atoms with Crippen LogP contribution < -0.4 is 10.2 Å². The first-order valence-corrected chi connectivity index (χ1v) is 12.0. The zero-order valence-electron chi connectivity index (χ0n) is 19.3. The molecule has 1 aliphatic heterocycles. The van der Waals surface area contributed by atoms with E-state index in [4.69, 9.17) is 17.0 Å². The Balaban J connectivity index is 1.71. The molecule has 3 rings (SSSR count). The minimum absolute atomic E-state index is 0.736. The van der Waals surface area contributed by atoms with Crippen LogP contribution in [0.3, 0.4) is 0 Å². The predicted octanol–water partition coefficient (Wildman–Crippen LogP) is 5.78. The first kappa shape index (κ1) is 23.6. The van der Waals surface area contributed by atoms with E-state index in [1.807, 2.05) is 0 Å². The fourth-order valence-electron chi connectivity index (χ4n) is 4.12. The van der Waals surface area contributed by atoms with Gasteiger partial charge in [-0.1, -0.05) is 43.2 Å². The first-order chi connectivity index (χ1) is 15.1. The summed E-state index contributed by atoms with van der Waals surface area (Å²) in [6.07, 6.45) is 5.85. The summed E-state index contributed by atoms with van der Waals surface area (Å²) >= 11 is 5.79. The molecule has 168 valence electrons. The van der Waals surface area contributed by atoms with Crippen molar-refractivity contribution in [3.05, 3.63) is 59.2 Å². The van der Waals surface area contributed by atoms with Gasteiger partial charge in [0.25, 0.3) is 0 Å². The number of unbranched alkanes of at least 4 members (excludes halogenated alkanes) is 1. The lowest BCUT2D eigenvalue weighted by Crippen LogP contribution is -2.35. The number of nitrogens with one attached hydrogen (secondary N) is 1. The number of benzene rings is 2. The summed E-state index contributed by atoms with van der Waals surface area (Å²) in [6.45, 7) is 9.12. The van der Waals surface area contributed by atoms with Crippen LogP contribution in [0.2, 0.25) is 0 Å². The van der Waals surface area contributed by atoms with Gasteiger partial charge in [0.2, 0.25) is 0 Å². The molecule has 1 heterocycles. The van der Waals surface area contributed by atoms with Gasteiger partial charge >= 0.3 is 0 Å². The SMILES string of the molecule is CCCCN1CCCc2cc(CN(CCCOC)C(=S)Nc3ccc(C)cc3)ccc21. The fourth-order valence-corrected chi connectivity index (χ4v) is 4.39. The van der Waals surface area contributed by atoms with E-state index in [1.54, 1.807) is 7.11 Å². The molecule has 0 saturated carbocycles. The Morgan fingerprint density at radius 1 is 1.16 bits per heavy atom. The summed E-state index contributed by atoms with van der Waals surface area (Å²) < 4.78 is 5.28. The number of thiocarbonyl (C=S) groups is 1. The van der Waals surface area contributed by atoms with Crippen LogP contribution in [-0.2, 0) is 17.7 Å². The van der Waals surface area contributed by atoms with Crippen molar-refractivity contribution in [1.29, 1.82) is 0 Å². The maximum atomic E-state index is 5.79. The number of aryl methyl sites for hydroxylation is 2. The number of hydrogen-bond acceptors (Lipinski definition) is 3. The molecule has 1 N–H and O–H groups in total. The van der Waals surface area contributed by atoms with Crippen molar-refractivity contribution in [2.24, 2.45) is 0 Å². The third kappa shape index (κ3) is 6.94. The number of fused-ring (bicyclic) bond motifs is 1. The van der Waals surface area contributed by atoms with E-state index < -0.39 is 0 Å². The average molecular weight is 440 g/mol. The van der Waals surface area contributed by atoms with Gasteiger partial charge in [0.1, 0.15) is 0 Å². The lowest BCUT2D eigenvalue weighted by atomic mass is 9.98. The number of nitrogens with zero attached hydrogens (tertiary/aromatic N) is 2. The van der Waals surface area contributed by atoms with Gasteiger partial charge in [-0.05, 0) is 74.2 Å². The van der Waals surface area contributed by atoms with E-state index in [1.165, 1.54) is 54.6 Å². The Labute approximate surface area is 193 Å².